The average Bonchev–Trinajstić information content (AvgIpc) is 2.83. The Balaban J connectivity index is 1.87. The van der Waals surface area contributed by atoms with Crippen molar-refractivity contribution < 1.29 is 4.79 Å². The Morgan fingerprint density at radius 1 is 1.53 bits per heavy atom. The lowest BCUT2D eigenvalue weighted by molar-refractivity contribution is 0.116. The third-order valence-corrected chi connectivity index (χ3v) is 3.53. The molecule has 2 amide bonds. The van der Waals surface area contributed by atoms with Crippen LogP contribution in [0.4, 0.5) is 4.79 Å². The molecule has 0 spiro atoms. The molecule has 0 aromatic carbocycles. The topological polar surface area (TPSA) is 66.3 Å². The molecule has 106 valence electrons. The molecule has 1 aliphatic rings. The van der Waals surface area contributed by atoms with Gasteiger partial charge < -0.3 is 19.7 Å². The van der Waals surface area contributed by atoms with Crippen LogP contribution in [0.25, 0.3) is 0 Å². The van der Waals surface area contributed by atoms with Crippen LogP contribution in [0.2, 0.25) is 0 Å². The Morgan fingerprint density at radius 2 is 2.32 bits per heavy atom. The fourth-order valence-corrected chi connectivity index (χ4v) is 2.38. The first-order chi connectivity index (χ1) is 9.11. The number of piperazine rings is 1. The van der Waals surface area contributed by atoms with E-state index in [-0.39, 0.29) is 12.1 Å². The lowest BCUT2D eigenvalue weighted by atomic mass is 10.2. The molecular formula is C12H22N6O. The van der Waals surface area contributed by atoms with Gasteiger partial charge in [-0.25, -0.2) is 4.79 Å². The first-order valence-electron chi connectivity index (χ1n) is 6.71. The second-order valence-electron chi connectivity index (χ2n) is 5.00. The number of carbonyl (C=O) groups excluding carboxylic acids is 1. The van der Waals surface area contributed by atoms with Crippen molar-refractivity contribution in [3.8, 4) is 0 Å². The molecule has 0 aliphatic carbocycles. The third-order valence-electron chi connectivity index (χ3n) is 3.53. The van der Waals surface area contributed by atoms with E-state index in [2.05, 4.69) is 34.4 Å². The smallest absolute Gasteiger partial charge is 0.318 e. The van der Waals surface area contributed by atoms with Gasteiger partial charge in [-0.2, -0.15) is 0 Å². The van der Waals surface area contributed by atoms with Crippen LogP contribution in [-0.4, -0.2) is 63.3 Å². The summed E-state index contributed by atoms with van der Waals surface area (Å²) in [5, 5.41) is 10.8. The molecular weight excluding hydrogens is 244 g/mol. The minimum absolute atomic E-state index is 0.0220. The molecule has 1 aromatic heterocycles. The van der Waals surface area contributed by atoms with Crippen LogP contribution in [0.1, 0.15) is 19.7 Å². The summed E-state index contributed by atoms with van der Waals surface area (Å²) in [5.74, 6) is 0.789. The molecule has 1 fully saturated rings. The number of likely N-dealkylation sites (N-methyl/N-ethyl adjacent to an activating group) is 1. The number of amides is 2. The summed E-state index contributed by atoms with van der Waals surface area (Å²) in [6.07, 6.45) is 1.68. The second kappa shape index (κ2) is 6.01. The highest BCUT2D eigenvalue weighted by molar-refractivity contribution is 5.74. The number of nitrogens with zero attached hydrogens (tertiary/aromatic N) is 5. The van der Waals surface area contributed by atoms with E-state index in [1.807, 2.05) is 16.4 Å². The highest BCUT2D eigenvalue weighted by Gasteiger charge is 2.25. The summed E-state index contributed by atoms with van der Waals surface area (Å²) < 4.78 is 1.92. The summed E-state index contributed by atoms with van der Waals surface area (Å²) in [5.41, 5.74) is 0. The zero-order valence-corrected chi connectivity index (χ0v) is 11.8. The SMILES string of the molecule is CCn1cnnc1CNC(=O)N1CCN(C)C[C@@H]1C. The molecule has 1 atom stereocenters. The van der Waals surface area contributed by atoms with Gasteiger partial charge in [-0.05, 0) is 20.9 Å². The normalized spacial score (nSPS) is 20.6. The molecule has 0 unspecified atom stereocenters. The highest BCUT2D eigenvalue weighted by Crippen LogP contribution is 2.08. The Morgan fingerprint density at radius 3 is 3.00 bits per heavy atom. The molecule has 2 heterocycles. The Bertz CT molecular complexity index is 432. The van der Waals surface area contributed by atoms with Gasteiger partial charge in [-0.3, -0.25) is 0 Å². The molecule has 0 saturated carbocycles. The van der Waals surface area contributed by atoms with Crippen LogP contribution < -0.4 is 5.32 Å². The molecule has 7 heteroatoms. The third kappa shape index (κ3) is 3.23. The maximum atomic E-state index is 12.1. The zero-order chi connectivity index (χ0) is 13.8. The van der Waals surface area contributed by atoms with Crippen molar-refractivity contribution in [1.82, 2.24) is 29.9 Å². The number of urea groups is 1. The first kappa shape index (κ1) is 13.8. The van der Waals surface area contributed by atoms with E-state index in [0.29, 0.717) is 6.54 Å². The number of hydrogen-bond donors (Lipinski definition) is 1. The van der Waals surface area contributed by atoms with Crippen LogP contribution in [-0.2, 0) is 13.1 Å². The largest absolute Gasteiger partial charge is 0.331 e. The van der Waals surface area contributed by atoms with Gasteiger partial charge in [0.2, 0.25) is 0 Å². The minimum Gasteiger partial charge on any atom is -0.331 e. The monoisotopic (exact) mass is 266 g/mol. The fourth-order valence-electron chi connectivity index (χ4n) is 2.38. The van der Waals surface area contributed by atoms with Crippen LogP contribution in [0.15, 0.2) is 6.33 Å². The molecule has 2 rings (SSSR count). The summed E-state index contributed by atoms with van der Waals surface area (Å²) in [6, 6.07) is 0.217. The van der Waals surface area contributed by atoms with Crippen molar-refractivity contribution >= 4 is 6.03 Å². The predicted molar refractivity (Wildman–Crippen MR) is 71.6 cm³/mol. The lowest BCUT2D eigenvalue weighted by Gasteiger charge is -2.38. The van der Waals surface area contributed by atoms with Crippen molar-refractivity contribution in [2.75, 3.05) is 26.7 Å². The number of hydrogen-bond acceptors (Lipinski definition) is 4. The van der Waals surface area contributed by atoms with Crippen LogP contribution >= 0.6 is 0 Å². The number of aryl methyl sites for hydroxylation is 1. The van der Waals surface area contributed by atoms with Crippen molar-refractivity contribution in [2.45, 2.75) is 33.0 Å². The van der Waals surface area contributed by atoms with Gasteiger partial charge in [0.1, 0.15) is 6.33 Å². The molecule has 1 aliphatic heterocycles. The summed E-state index contributed by atoms with van der Waals surface area (Å²) in [4.78, 5) is 16.3. The lowest BCUT2D eigenvalue weighted by Crippen LogP contribution is -2.55. The van der Waals surface area contributed by atoms with Gasteiger partial charge >= 0.3 is 6.03 Å². The summed E-state index contributed by atoms with van der Waals surface area (Å²) in [7, 11) is 2.08. The van der Waals surface area contributed by atoms with Gasteiger partial charge in [0.15, 0.2) is 5.82 Å². The zero-order valence-electron chi connectivity index (χ0n) is 11.8. The van der Waals surface area contributed by atoms with E-state index < -0.39 is 0 Å². The van der Waals surface area contributed by atoms with Crippen LogP contribution in [0.5, 0.6) is 0 Å². The van der Waals surface area contributed by atoms with Crippen molar-refractivity contribution in [3.05, 3.63) is 12.2 Å². The number of aromatic nitrogens is 3. The molecule has 1 aromatic rings. The maximum Gasteiger partial charge on any atom is 0.318 e. The highest BCUT2D eigenvalue weighted by atomic mass is 16.2. The van der Waals surface area contributed by atoms with E-state index in [4.69, 9.17) is 0 Å². The molecule has 0 bridgehead atoms. The van der Waals surface area contributed by atoms with E-state index in [0.717, 1.165) is 32.0 Å². The Hall–Kier alpha value is -1.63. The van der Waals surface area contributed by atoms with Crippen molar-refractivity contribution in [1.29, 1.82) is 0 Å². The quantitative estimate of drug-likeness (QED) is 0.845. The fraction of sp³-hybridized carbons (Fsp3) is 0.750. The minimum atomic E-state index is -0.0220. The van der Waals surface area contributed by atoms with Gasteiger partial charge in [0, 0.05) is 32.2 Å². The number of carbonyl (C=O) groups is 1. The van der Waals surface area contributed by atoms with E-state index in [1.165, 1.54) is 0 Å². The van der Waals surface area contributed by atoms with Crippen molar-refractivity contribution in [2.24, 2.45) is 0 Å². The predicted octanol–water partition coefficient (Wildman–Crippen LogP) is 0.144. The molecule has 1 saturated heterocycles. The molecule has 19 heavy (non-hydrogen) atoms. The van der Waals surface area contributed by atoms with Gasteiger partial charge in [0.05, 0.1) is 6.54 Å². The maximum absolute atomic E-state index is 12.1. The van der Waals surface area contributed by atoms with E-state index in [9.17, 15) is 4.79 Å². The van der Waals surface area contributed by atoms with Crippen LogP contribution in [0, 0.1) is 0 Å². The summed E-state index contributed by atoms with van der Waals surface area (Å²) >= 11 is 0. The Kier molecular flexibility index (Phi) is 4.36. The van der Waals surface area contributed by atoms with Gasteiger partial charge in [-0.15, -0.1) is 10.2 Å². The second-order valence-corrected chi connectivity index (χ2v) is 5.00. The number of nitrogens with one attached hydrogen (secondary N) is 1. The van der Waals surface area contributed by atoms with E-state index in [1.54, 1.807) is 6.33 Å². The van der Waals surface area contributed by atoms with Gasteiger partial charge in [-0.1, -0.05) is 0 Å². The first-order valence-corrected chi connectivity index (χ1v) is 6.71. The summed E-state index contributed by atoms with van der Waals surface area (Å²) in [6.45, 7) is 7.93. The molecule has 7 nitrogen and oxygen atoms in total. The molecule has 1 N–H and O–H groups in total. The van der Waals surface area contributed by atoms with Crippen molar-refractivity contribution in [3.63, 3.8) is 0 Å². The van der Waals surface area contributed by atoms with Crippen LogP contribution in [0.3, 0.4) is 0 Å². The van der Waals surface area contributed by atoms with E-state index >= 15 is 0 Å². The number of rotatable bonds is 3. The Labute approximate surface area is 113 Å². The standard InChI is InChI=1S/C12H22N6O/c1-4-17-9-14-15-11(17)7-13-12(19)18-6-5-16(3)8-10(18)2/h9-10H,4-8H2,1-3H3,(H,13,19)/t10-/m0/s1. The van der Waals surface area contributed by atoms with Gasteiger partial charge in [0.25, 0.3) is 0 Å². The average molecular weight is 266 g/mol. The molecule has 0 radical (unpaired) electrons.